The van der Waals surface area contributed by atoms with Crippen LogP contribution < -0.4 is 4.74 Å². The average molecular weight is 274 g/mol. The minimum atomic E-state index is -0.0725. The maximum atomic E-state index is 12.1. The summed E-state index contributed by atoms with van der Waals surface area (Å²) in [7, 11) is 1.78. The average Bonchev–Trinajstić information content (AvgIpc) is 2.90. The molecule has 2 unspecified atom stereocenters. The summed E-state index contributed by atoms with van der Waals surface area (Å²) in [5.41, 5.74) is 0.567. The number of carbonyl (C=O) groups is 1. The molecule has 1 fully saturated rings. The van der Waals surface area contributed by atoms with E-state index in [-0.39, 0.29) is 24.7 Å². The molecule has 0 bridgehead atoms. The molecule has 0 aliphatic carbocycles. The summed E-state index contributed by atoms with van der Waals surface area (Å²) in [5, 5.41) is 8.70. The molecule has 0 spiro atoms. The number of carbonyl (C=O) groups excluding carboxylic acids is 1. The van der Waals surface area contributed by atoms with Gasteiger partial charge in [-0.2, -0.15) is 5.26 Å². The number of likely N-dealkylation sites (N-methyl/N-ethyl adjacent to an activating group) is 1. The lowest BCUT2D eigenvalue weighted by atomic mass is 10.1. The Morgan fingerprint density at radius 3 is 2.75 bits per heavy atom. The summed E-state index contributed by atoms with van der Waals surface area (Å²) >= 11 is 0. The van der Waals surface area contributed by atoms with Gasteiger partial charge in [-0.05, 0) is 37.6 Å². The summed E-state index contributed by atoms with van der Waals surface area (Å²) in [4.78, 5) is 13.8. The van der Waals surface area contributed by atoms with Crippen LogP contribution in [0.2, 0.25) is 0 Å². The first kappa shape index (κ1) is 14.4. The van der Waals surface area contributed by atoms with E-state index in [0.717, 1.165) is 6.42 Å². The lowest BCUT2D eigenvalue weighted by molar-refractivity contribution is -0.135. The van der Waals surface area contributed by atoms with Crippen molar-refractivity contribution in [3.05, 3.63) is 29.8 Å². The second-order valence-electron chi connectivity index (χ2n) is 4.86. The van der Waals surface area contributed by atoms with Crippen molar-refractivity contribution in [3.8, 4) is 11.8 Å². The zero-order valence-corrected chi connectivity index (χ0v) is 11.7. The van der Waals surface area contributed by atoms with Crippen LogP contribution in [0.15, 0.2) is 24.3 Å². The van der Waals surface area contributed by atoms with E-state index >= 15 is 0 Å². The fourth-order valence-electron chi connectivity index (χ4n) is 2.29. The summed E-state index contributed by atoms with van der Waals surface area (Å²) in [6.07, 6.45) is 0.930. The molecule has 0 saturated carbocycles. The van der Waals surface area contributed by atoms with Crippen LogP contribution in [0.4, 0.5) is 0 Å². The summed E-state index contributed by atoms with van der Waals surface area (Å²) in [5.74, 6) is 0.512. The van der Waals surface area contributed by atoms with Gasteiger partial charge in [-0.3, -0.25) is 4.79 Å². The van der Waals surface area contributed by atoms with Crippen molar-refractivity contribution >= 4 is 5.91 Å². The van der Waals surface area contributed by atoms with Crippen LogP contribution in [0.3, 0.4) is 0 Å². The minimum absolute atomic E-state index is 0.00831. The van der Waals surface area contributed by atoms with E-state index in [0.29, 0.717) is 17.9 Å². The molecule has 1 aliphatic heterocycles. The highest BCUT2D eigenvalue weighted by atomic mass is 16.5. The smallest absolute Gasteiger partial charge is 0.260 e. The number of nitrogens with zero attached hydrogens (tertiary/aromatic N) is 2. The molecule has 2 rings (SSSR count). The van der Waals surface area contributed by atoms with Gasteiger partial charge in [-0.1, -0.05) is 0 Å². The van der Waals surface area contributed by atoms with Crippen LogP contribution in [-0.2, 0) is 9.53 Å². The number of hydrogen-bond donors (Lipinski definition) is 0. The molecule has 5 heteroatoms. The molecule has 0 aromatic heterocycles. The van der Waals surface area contributed by atoms with Gasteiger partial charge >= 0.3 is 0 Å². The fraction of sp³-hybridized carbons (Fsp3) is 0.467. The Kier molecular flexibility index (Phi) is 4.59. The van der Waals surface area contributed by atoms with Gasteiger partial charge in [0.25, 0.3) is 5.91 Å². The Balaban J connectivity index is 1.86. The monoisotopic (exact) mass is 274 g/mol. The van der Waals surface area contributed by atoms with Crippen LogP contribution in [0.1, 0.15) is 18.9 Å². The van der Waals surface area contributed by atoms with Gasteiger partial charge in [-0.15, -0.1) is 0 Å². The molecule has 1 aromatic rings. The third kappa shape index (κ3) is 3.28. The van der Waals surface area contributed by atoms with Crippen molar-refractivity contribution in [2.45, 2.75) is 25.5 Å². The largest absolute Gasteiger partial charge is 0.484 e. The molecule has 1 aromatic carbocycles. The molecular weight excluding hydrogens is 256 g/mol. The number of ether oxygens (including phenoxy) is 2. The fourth-order valence-corrected chi connectivity index (χ4v) is 2.29. The third-order valence-corrected chi connectivity index (χ3v) is 3.57. The molecule has 106 valence electrons. The van der Waals surface area contributed by atoms with Gasteiger partial charge in [0.15, 0.2) is 6.61 Å². The van der Waals surface area contributed by atoms with Crippen molar-refractivity contribution in [2.75, 3.05) is 20.3 Å². The Bertz CT molecular complexity index is 507. The van der Waals surface area contributed by atoms with Crippen molar-refractivity contribution in [1.29, 1.82) is 5.26 Å². The highest BCUT2D eigenvalue weighted by molar-refractivity contribution is 5.77. The van der Waals surface area contributed by atoms with E-state index in [9.17, 15) is 4.79 Å². The third-order valence-electron chi connectivity index (χ3n) is 3.57. The number of nitriles is 1. The first-order valence-corrected chi connectivity index (χ1v) is 6.62. The van der Waals surface area contributed by atoms with Crippen molar-refractivity contribution in [2.24, 2.45) is 0 Å². The second-order valence-corrected chi connectivity index (χ2v) is 4.86. The quantitative estimate of drug-likeness (QED) is 0.836. The molecule has 0 N–H and O–H groups in total. The van der Waals surface area contributed by atoms with Gasteiger partial charge < -0.3 is 14.4 Å². The van der Waals surface area contributed by atoms with Crippen LogP contribution in [0, 0.1) is 11.3 Å². The molecule has 1 aliphatic rings. The molecule has 5 nitrogen and oxygen atoms in total. The van der Waals surface area contributed by atoms with Gasteiger partial charge in [0.1, 0.15) is 5.75 Å². The predicted octanol–water partition coefficient (Wildman–Crippen LogP) is 1.57. The lowest BCUT2D eigenvalue weighted by Crippen LogP contribution is -2.43. The number of hydrogen-bond acceptors (Lipinski definition) is 4. The zero-order chi connectivity index (χ0) is 14.5. The molecule has 1 heterocycles. The number of benzene rings is 1. The first-order valence-electron chi connectivity index (χ1n) is 6.62. The molecule has 1 saturated heterocycles. The summed E-state index contributed by atoms with van der Waals surface area (Å²) in [6.45, 7) is 2.66. The highest BCUT2D eigenvalue weighted by Crippen LogP contribution is 2.18. The Morgan fingerprint density at radius 1 is 1.50 bits per heavy atom. The molecule has 1 amide bonds. The minimum Gasteiger partial charge on any atom is -0.484 e. The van der Waals surface area contributed by atoms with Gasteiger partial charge in [0, 0.05) is 13.7 Å². The SMILES string of the molecule is CC1OCCC1N(C)C(=O)COc1ccc(C#N)cc1. The second kappa shape index (κ2) is 6.40. The van der Waals surface area contributed by atoms with E-state index in [4.69, 9.17) is 14.7 Å². The van der Waals surface area contributed by atoms with Crippen LogP contribution in [0.5, 0.6) is 5.75 Å². The predicted molar refractivity (Wildman–Crippen MR) is 73.2 cm³/mol. The molecule has 2 atom stereocenters. The highest BCUT2D eigenvalue weighted by Gasteiger charge is 2.30. The molecule has 20 heavy (non-hydrogen) atoms. The van der Waals surface area contributed by atoms with E-state index in [1.165, 1.54) is 0 Å². The maximum absolute atomic E-state index is 12.1. The van der Waals surface area contributed by atoms with Gasteiger partial charge in [-0.25, -0.2) is 0 Å². The summed E-state index contributed by atoms with van der Waals surface area (Å²) < 4.78 is 10.9. The standard InChI is InChI=1S/C15H18N2O3/c1-11-14(7-8-19-11)17(2)15(18)10-20-13-5-3-12(9-16)4-6-13/h3-6,11,14H,7-8,10H2,1-2H3. The van der Waals surface area contributed by atoms with Crippen LogP contribution >= 0.6 is 0 Å². The van der Waals surface area contributed by atoms with E-state index in [1.807, 2.05) is 13.0 Å². The normalized spacial score (nSPS) is 21.2. The van der Waals surface area contributed by atoms with Crippen molar-refractivity contribution in [3.63, 3.8) is 0 Å². The van der Waals surface area contributed by atoms with Crippen molar-refractivity contribution < 1.29 is 14.3 Å². The zero-order valence-electron chi connectivity index (χ0n) is 11.7. The molecule has 0 radical (unpaired) electrons. The Morgan fingerprint density at radius 2 is 2.20 bits per heavy atom. The van der Waals surface area contributed by atoms with Crippen LogP contribution in [0.25, 0.3) is 0 Å². The number of rotatable bonds is 4. The van der Waals surface area contributed by atoms with Gasteiger partial charge in [0.05, 0.1) is 23.8 Å². The molecular formula is C15H18N2O3. The Hall–Kier alpha value is -2.06. The topological polar surface area (TPSA) is 62.6 Å². The van der Waals surface area contributed by atoms with Crippen molar-refractivity contribution in [1.82, 2.24) is 4.90 Å². The van der Waals surface area contributed by atoms with E-state index in [2.05, 4.69) is 0 Å². The van der Waals surface area contributed by atoms with E-state index < -0.39 is 0 Å². The summed E-state index contributed by atoms with van der Waals surface area (Å²) in [6, 6.07) is 8.85. The lowest BCUT2D eigenvalue weighted by Gasteiger charge is -2.26. The van der Waals surface area contributed by atoms with Crippen LogP contribution in [-0.4, -0.2) is 43.2 Å². The maximum Gasteiger partial charge on any atom is 0.260 e. The Labute approximate surface area is 118 Å². The van der Waals surface area contributed by atoms with Gasteiger partial charge in [0.2, 0.25) is 0 Å². The first-order chi connectivity index (χ1) is 9.61. The number of amides is 1. The van der Waals surface area contributed by atoms with E-state index in [1.54, 1.807) is 36.2 Å².